The highest BCUT2D eigenvalue weighted by Crippen LogP contribution is 2.27. The van der Waals surface area contributed by atoms with Crippen LogP contribution in [0.5, 0.6) is 5.75 Å². The first-order valence-corrected chi connectivity index (χ1v) is 6.07. The Morgan fingerprint density at radius 3 is 2.63 bits per heavy atom. The second-order valence-electron chi connectivity index (χ2n) is 3.94. The molecule has 0 heterocycles. The van der Waals surface area contributed by atoms with Gasteiger partial charge in [0.1, 0.15) is 5.75 Å². The third-order valence-corrected chi connectivity index (χ3v) is 2.72. The van der Waals surface area contributed by atoms with Crippen molar-refractivity contribution >= 4 is 23.0 Å². The molecule has 0 unspecified atom stereocenters. The number of rotatable bonds is 5. The number of ether oxygens (including phenoxy) is 2. The van der Waals surface area contributed by atoms with E-state index in [1.807, 2.05) is 24.3 Å². The molecular formula is C15H15NO3. The Kier molecular flexibility index (Phi) is 4.13. The summed E-state index contributed by atoms with van der Waals surface area (Å²) < 4.78 is 10.3. The maximum atomic E-state index is 11.3. The largest absolute Gasteiger partial charge is 0.481 e. The zero-order chi connectivity index (χ0) is 13.7. The molecule has 2 aromatic rings. The first-order chi connectivity index (χ1) is 9.26. The van der Waals surface area contributed by atoms with E-state index in [-0.39, 0.29) is 12.6 Å². The van der Waals surface area contributed by atoms with Crippen molar-refractivity contribution in [2.24, 2.45) is 0 Å². The Hall–Kier alpha value is -2.36. The monoisotopic (exact) mass is 257 g/mol. The average Bonchev–Trinajstić information content (AvgIpc) is 2.45. The van der Waals surface area contributed by atoms with Gasteiger partial charge >= 0.3 is 5.97 Å². The van der Waals surface area contributed by atoms with Crippen molar-refractivity contribution in [3.8, 4) is 5.75 Å². The van der Waals surface area contributed by atoms with Gasteiger partial charge in [-0.25, -0.2) is 4.79 Å². The van der Waals surface area contributed by atoms with E-state index in [0.29, 0.717) is 12.4 Å². The first kappa shape index (κ1) is 13.1. The summed E-state index contributed by atoms with van der Waals surface area (Å²) >= 11 is 0. The van der Waals surface area contributed by atoms with E-state index in [2.05, 4.69) is 0 Å². The van der Waals surface area contributed by atoms with E-state index in [1.165, 1.54) is 6.21 Å². The van der Waals surface area contributed by atoms with Gasteiger partial charge in [0.25, 0.3) is 0 Å². The Labute approximate surface area is 111 Å². The molecule has 0 amide bonds. The molecule has 2 rings (SSSR count). The summed E-state index contributed by atoms with van der Waals surface area (Å²) in [5.41, 5.74) is 0.819. The van der Waals surface area contributed by atoms with E-state index >= 15 is 0 Å². The van der Waals surface area contributed by atoms with Crippen LogP contribution in [0.1, 0.15) is 12.5 Å². The second-order valence-corrected chi connectivity index (χ2v) is 3.94. The summed E-state index contributed by atoms with van der Waals surface area (Å²) in [5, 5.41) is 9.19. The number of carbonyl (C=O) groups is 1. The van der Waals surface area contributed by atoms with E-state index in [9.17, 15) is 4.79 Å². The van der Waals surface area contributed by atoms with Crippen molar-refractivity contribution in [1.82, 2.24) is 0 Å². The molecule has 0 aliphatic rings. The van der Waals surface area contributed by atoms with Crippen LogP contribution in [-0.2, 0) is 9.53 Å². The maximum absolute atomic E-state index is 11.3. The highest BCUT2D eigenvalue weighted by Gasteiger charge is 2.08. The Balaban J connectivity index is 2.29. The lowest BCUT2D eigenvalue weighted by molar-refractivity contribution is -0.145. The fourth-order valence-corrected chi connectivity index (χ4v) is 1.89. The summed E-state index contributed by atoms with van der Waals surface area (Å²) in [4.78, 5) is 11.3. The van der Waals surface area contributed by atoms with Gasteiger partial charge in [0.15, 0.2) is 6.61 Å². The van der Waals surface area contributed by atoms with Gasteiger partial charge in [0, 0.05) is 17.2 Å². The molecular weight excluding hydrogens is 242 g/mol. The van der Waals surface area contributed by atoms with Crippen molar-refractivity contribution in [1.29, 1.82) is 5.41 Å². The van der Waals surface area contributed by atoms with Gasteiger partial charge in [-0.05, 0) is 24.4 Å². The van der Waals surface area contributed by atoms with Gasteiger partial charge in [-0.1, -0.05) is 24.3 Å². The lowest BCUT2D eigenvalue weighted by atomic mass is 10.0. The molecule has 19 heavy (non-hydrogen) atoms. The van der Waals surface area contributed by atoms with Crippen molar-refractivity contribution in [2.45, 2.75) is 6.92 Å². The third kappa shape index (κ3) is 2.91. The van der Waals surface area contributed by atoms with Crippen molar-refractivity contribution in [2.75, 3.05) is 13.2 Å². The van der Waals surface area contributed by atoms with E-state index < -0.39 is 0 Å². The molecule has 0 aromatic heterocycles. The Morgan fingerprint density at radius 2 is 1.95 bits per heavy atom. The molecule has 0 saturated carbocycles. The van der Waals surface area contributed by atoms with Crippen LogP contribution in [-0.4, -0.2) is 25.4 Å². The highest BCUT2D eigenvalue weighted by molar-refractivity contribution is 6.01. The van der Waals surface area contributed by atoms with Crippen molar-refractivity contribution < 1.29 is 14.3 Å². The van der Waals surface area contributed by atoms with Gasteiger partial charge < -0.3 is 14.9 Å². The fraction of sp³-hybridized carbons (Fsp3) is 0.200. The fourth-order valence-electron chi connectivity index (χ4n) is 1.89. The highest BCUT2D eigenvalue weighted by atomic mass is 16.6. The van der Waals surface area contributed by atoms with Crippen LogP contribution in [0.25, 0.3) is 10.8 Å². The topological polar surface area (TPSA) is 59.4 Å². The zero-order valence-corrected chi connectivity index (χ0v) is 10.7. The van der Waals surface area contributed by atoms with E-state index in [1.54, 1.807) is 19.1 Å². The quantitative estimate of drug-likeness (QED) is 0.662. The van der Waals surface area contributed by atoms with Crippen LogP contribution in [0, 0.1) is 5.41 Å². The minimum atomic E-state index is -0.386. The number of hydrogen-bond acceptors (Lipinski definition) is 4. The minimum absolute atomic E-state index is 0.109. The van der Waals surface area contributed by atoms with Crippen LogP contribution >= 0.6 is 0 Å². The van der Waals surface area contributed by atoms with Crippen LogP contribution < -0.4 is 4.74 Å². The smallest absolute Gasteiger partial charge is 0.344 e. The number of esters is 1. The van der Waals surface area contributed by atoms with Gasteiger partial charge in [-0.3, -0.25) is 0 Å². The molecule has 4 nitrogen and oxygen atoms in total. The molecule has 0 spiro atoms. The number of fused-ring (bicyclic) bond motifs is 1. The number of benzene rings is 2. The molecule has 0 saturated heterocycles. The van der Waals surface area contributed by atoms with Crippen LogP contribution in [0.2, 0.25) is 0 Å². The molecule has 0 aliphatic heterocycles. The Morgan fingerprint density at radius 1 is 1.21 bits per heavy atom. The van der Waals surface area contributed by atoms with Crippen LogP contribution in [0.4, 0.5) is 0 Å². The number of nitrogens with one attached hydrogen (secondary N) is 1. The molecule has 1 N–H and O–H groups in total. The predicted molar refractivity (Wildman–Crippen MR) is 74.0 cm³/mol. The van der Waals surface area contributed by atoms with Gasteiger partial charge in [0.2, 0.25) is 0 Å². The molecule has 0 atom stereocenters. The number of carbonyl (C=O) groups excluding carboxylic acids is 1. The molecule has 4 heteroatoms. The molecule has 2 aromatic carbocycles. The zero-order valence-electron chi connectivity index (χ0n) is 10.7. The van der Waals surface area contributed by atoms with Crippen LogP contribution in [0.15, 0.2) is 36.4 Å². The lowest BCUT2D eigenvalue weighted by Crippen LogP contribution is -2.14. The normalized spacial score (nSPS) is 10.2. The van der Waals surface area contributed by atoms with Gasteiger partial charge in [-0.2, -0.15) is 0 Å². The molecule has 0 bridgehead atoms. The summed E-state index contributed by atoms with van der Waals surface area (Å²) in [5.74, 6) is 0.233. The lowest BCUT2D eigenvalue weighted by Gasteiger charge is -2.10. The van der Waals surface area contributed by atoms with E-state index in [4.69, 9.17) is 14.9 Å². The summed E-state index contributed by atoms with van der Waals surface area (Å²) in [6, 6.07) is 11.2. The minimum Gasteiger partial charge on any atom is -0.481 e. The number of hydrogen-bond donors (Lipinski definition) is 1. The third-order valence-electron chi connectivity index (χ3n) is 2.72. The van der Waals surface area contributed by atoms with Gasteiger partial charge in [-0.15, -0.1) is 0 Å². The average molecular weight is 257 g/mol. The molecule has 0 radical (unpaired) electrons. The van der Waals surface area contributed by atoms with Crippen molar-refractivity contribution in [3.05, 3.63) is 42.0 Å². The van der Waals surface area contributed by atoms with Crippen LogP contribution in [0.3, 0.4) is 0 Å². The predicted octanol–water partition coefficient (Wildman–Crippen LogP) is 2.78. The Bertz CT molecular complexity index is 607. The molecule has 0 aliphatic carbocycles. The second kappa shape index (κ2) is 6.00. The molecule has 0 fully saturated rings. The summed E-state index contributed by atoms with van der Waals surface area (Å²) in [7, 11) is 0. The maximum Gasteiger partial charge on any atom is 0.344 e. The summed E-state index contributed by atoms with van der Waals surface area (Å²) in [6.07, 6.45) is 1.30. The first-order valence-electron chi connectivity index (χ1n) is 6.07. The van der Waals surface area contributed by atoms with E-state index in [0.717, 1.165) is 16.3 Å². The summed E-state index contributed by atoms with van der Waals surface area (Å²) in [6.45, 7) is 1.99. The molecule has 98 valence electrons. The standard InChI is InChI=1S/C15H15NO3/c1-2-18-15(17)10-19-14-8-7-11(9-16)12-5-3-4-6-13(12)14/h3-9,16H,2,10H2,1H3. The SMILES string of the molecule is CCOC(=O)COc1ccc(C=N)c2ccccc12. The van der Waals surface area contributed by atoms with Gasteiger partial charge in [0.05, 0.1) is 6.61 Å². The van der Waals surface area contributed by atoms with Crippen molar-refractivity contribution in [3.63, 3.8) is 0 Å².